The smallest absolute Gasteiger partial charge is 0.352 e. The standard InChI is InChI=1S/C20H23F3N4O2/c1-3-14(2)27(19(29)17-13-24-8-9-25-17)10-7-18(28)26-12-15-5-4-6-16(11-15)20(21,22)23/h4-6,8-9,11,13-14H,3,7,10,12H2,1-2H3,(H,26,28)/t14-/m1/s1. The van der Waals surface area contributed by atoms with Crippen LogP contribution in [0.1, 0.15) is 48.3 Å². The van der Waals surface area contributed by atoms with E-state index in [9.17, 15) is 22.8 Å². The van der Waals surface area contributed by atoms with E-state index in [4.69, 9.17) is 0 Å². The van der Waals surface area contributed by atoms with Crippen molar-refractivity contribution in [2.75, 3.05) is 6.54 Å². The molecule has 2 aromatic rings. The summed E-state index contributed by atoms with van der Waals surface area (Å²) in [5.41, 5.74) is -0.221. The van der Waals surface area contributed by atoms with Crippen LogP contribution in [0.15, 0.2) is 42.9 Å². The molecule has 2 rings (SSSR count). The van der Waals surface area contributed by atoms with Crippen LogP contribution in [-0.4, -0.2) is 39.3 Å². The van der Waals surface area contributed by atoms with E-state index in [1.54, 1.807) is 4.90 Å². The Kier molecular flexibility index (Phi) is 7.69. The molecule has 2 amide bonds. The second-order valence-corrected chi connectivity index (χ2v) is 6.57. The molecule has 156 valence electrons. The van der Waals surface area contributed by atoms with Crippen LogP contribution in [0.25, 0.3) is 0 Å². The van der Waals surface area contributed by atoms with E-state index in [-0.39, 0.29) is 43.1 Å². The van der Waals surface area contributed by atoms with Gasteiger partial charge in [0.25, 0.3) is 5.91 Å². The molecule has 1 heterocycles. The number of hydrogen-bond donors (Lipinski definition) is 1. The molecule has 0 aliphatic carbocycles. The average molecular weight is 408 g/mol. The first-order chi connectivity index (χ1) is 13.7. The number of alkyl halides is 3. The molecular weight excluding hydrogens is 385 g/mol. The molecule has 0 bridgehead atoms. The number of aromatic nitrogens is 2. The van der Waals surface area contributed by atoms with E-state index >= 15 is 0 Å². The Labute approximate surface area is 167 Å². The van der Waals surface area contributed by atoms with Crippen molar-refractivity contribution in [2.24, 2.45) is 0 Å². The molecule has 6 nitrogen and oxygen atoms in total. The maximum atomic E-state index is 12.8. The van der Waals surface area contributed by atoms with Crippen LogP contribution in [0.5, 0.6) is 0 Å². The second-order valence-electron chi connectivity index (χ2n) is 6.57. The molecule has 0 radical (unpaired) electrons. The molecule has 1 atom stereocenters. The Hall–Kier alpha value is -2.97. The predicted octanol–water partition coefficient (Wildman–Crippen LogP) is 3.44. The number of rotatable bonds is 8. The molecule has 1 aromatic carbocycles. The highest BCUT2D eigenvalue weighted by Crippen LogP contribution is 2.29. The van der Waals surface area contributed by atoms with Crippen LogP contribution in [0.4, 0.5) is 13.2 Å². The maximum Gasteiger partial charge on any atom is 0.416 e. The molecule has 0 saturated heterocycles. The molecule has 0 aliphatic heterocycles. The van der Waals surface area contributed by atoms with Crippen molar-refractivity contribution < 1.29 is 22.8 Å². The zero-order chi connectivity index (χ0) is 21.4. The summed E-state index contributed by atoms with van der Waals surface area (Å²) < 4.78 is 38.3. The van der Waals surface area contributed by atoms with Gasteiger partial charge in [0, 0.05) is 37.9 Å². The fourth-order valence-corrected chi connectivity index (χ4v) is 2.67. The Morgan fingerprint density at radius 2 is 2.00 bits per heavy atom. The van der Waals surface area contributed by atoms with Crippen molar-refractivity contribution in [1.29, 1.82) is 0 Å². The van der Waals surface area contributed by atoms with Gasteiger partial charge >= 0.3 is 6.18 Å². The first-order valence-corrected chi connectivity index (χ1v) is 9.22. The van der Waals surface area contributed by atoms with E-state index < -0.39 is 11.7 Å². The van der Waals surface area contributed by atoms with E-state index in [1.165, 1.54) is 30.7 Å². The van der Waals surface area contributed by atoms with Gasteiger partial charge in [-0.25, -0.2) is 4.98 Å². The number of carbonyl (C=O) groups is 2. The Morgan fingerprint density at radius 1 is 1.24 bits per heavy atom. The monoisotopic (exact) mass is 408 g/mol. The van der Waals surface area contributed by atoms with Crippen molar-refractivity contribution in [3.05, 3.63) is 59.7 Å². The lowest BCUT2D eigenvalue weighted by molar-refractivity contribution is -0.137. The van der Waals surface area contributed by atoms with Crippen LogP contribution in [0, 0.1) is 0 Å². The number of carbonyl (C=O) groups excluding carboxylic acids is 2. The molecule has 1 aromatic heterocycles. The fraction of sp³-hybridized carbons (Fsp3) is 0.400. The zero-order valence-electron chi connectivity index (χ0n) is 16.2. The van der Waals surface area contributed by atoms with E-state index in [0.717, 1.165) is 12.1 Å². The van der Waals surface area contributed by atoms with Gasteiger partial charge in [0.2, 0.25) is 5.91 Å². The first kappa shape index (κ1) is 22.3. The maximum absolute atomic E-state index is 12.8. The largest absolute Gasteiger partial charge is 0.416 e. The second kappa shape index (κ2) is 9.99. The molecule has 0 aliphatic rings. The van der Waals surface area contributed by atoms with Gasteiger partial charge < -0.3 is 10.2 Å². The minimum absolute atomic E-state index is 0.0231. The minimum Gasteiger partial charge on any atom is -0.352 e. The van der Waals surface area contributed by atoms with Crippen LogP contribution in [-0.2, 0) is 17.5 Å². The van der Waals surface area contributed by atoms with Crippen molar-refractivity contribution >= 4 is 11.8 Å². The lowest BCUT2D eigenvalue weighted by Gasteiger charge is -2.28. The van der Waals surface area contributed by atoms with Gasteiger partial charge in [-0.2, -0.15) is 13.2 Å². The highest BCUT2D eigenvalue weighted by molar-refractivity contribution is 5.92. The number of nitrogens with one attached hydrogen (secondary N) is 1. The van der Waals surface area contributed by atoms with Gasteiger partial charge in [-0.05, 0) is 31.0 Å². The van der Waals surface area contributed by atoms with Crippen LogP contribution >= 0.6 is 0 Å². The molecule has 0 spiro atoms. The third-order valence-electron chi connectivity index (χ3n) is 4.49. The Balaban J connectivity index is 1.94. The summed E-state index contributed by atoms with van der Waals surface area (Å²) in [7, 11) is 0. The summed E-state index contributed by atoms with van der Waals surface area (Å²) >= 11 is 0. The summed E-state index contributed by atoms with van der Waals surface area (Å²) in [5, 5.41) is 2.60. The van der Waals surface area contributed by atoms with Gasteiger partial charge in [0.05, 0.1) is 11.8 Å². The Bertz CT molecular complexity index is 828. The van der Waals surface area contributed by atoms with Gasteiger partial charge in [0.15, 0.2) is 0 Å². The Morgan fingerprint density at radius 3 is 2.62 bits per heavy atom. The number of halogens is 3. The van der Waals surface area contributed by atoms with Gasteiger partial charge in [-0.1, -0.05) is 19.1 Å². The van der Waals surface area contributed by atoms with Crippen molar-refractivity contribution in [3.8, 4) is 0 Å². The van der Waals surface area contributed by atoms with Crippen molar-refractivity contribution in [1.82, 2.24) is 20.2 Å². The molecule has 29 heavy (non-hydrogen) atoms. The molecule has 0 unspecified atom stereocenters. The van der Waals surface area contributed by atoms with Crippen LogP contribution in [0.3, 0.4) is 0 Å². The van der Waals surface area contributed by atoms with Crippen molar-refractivity contribution in [2.45, 2.75) is 45.5 Å². The summed E-state index contributed by atoms with van der Waals surface area (Å²) in [6, 6.07) is 4.69. The average Bonchev–Trinajstić information content (AvgIpc) is 2.72. The fourth-order valence-electron chi connectivity index (χ4n) is 2.67. The molecule has 9 heteroatoms. The predicted molar refractivity (Wildman–Crippen MR) is 101 cm³/mol. The summed E-state index contributed by atoms with van der Waals surface area (Å²) in [6.45, 7) is 3.94. The molecule has 1 N–H and O–H groups in total. The third kappa shape index (κ3) is 6.55. The number of nitrogens with zero attached hydrogens (tertiary/aromatic N) is 3. The van der Waals surface area contributed by atoms with Crippen LogP contribution < -0.4 is 5.32 Å². The van der Waals surface area contributed by atoms with E-state index in [0.29, 0.717) is 12.0 Å². The van der Waals surface area contributed by atoms with E-state index in [2.05, 4.69) is 15.3 Å². The lowest BCUT2D eigenvalue weighted by atomic mass is 10.1. The molecule has 0 fully saturated rings. The highest BCUT2D eigenvalue weighted by atomic mass is 19.4. The third-order valence-corrected chi connectivity index (χ3v) is 4.49. The molecule has 0 saturated carbocycles. The van der Waals surface area contributed by atoms with E-state index in [1.807, 2.05) is 13.8 Å². The van der Waals surface area contributed by atoms with Crippen LogP contribution in [0.2, 0.25) is 0 Å². The lowest BCUT2D eigenvalue weighted by Crippen LogP contribution is -2.41. The minimum atomic E-state index is -4.43. The van der Waals surface area contributed by atoms with Gasteiger partial charge in [-0.15, -0.1) is 0 Å². The SMILES string of the molecule is CC[C@@H](C)N(CCC(=O)NCc1cccc(C(F)(F)F)c1)C(=O)c1cnccn1. The number of benzene rings is 1. The molecular formula is C20H23F3N4O2. The van der Waals surface area contributed by atoms with Gasteiger partial charge in [0.1, 0.15) is 5.69 Å². The zero-order valence-corrected chi connectivity index (χ0v) is 16.2. The summed E-state index contributed by atoms with van der Waals surface area (Å²) in [4.78, 5) is 34.3. The number of amides is 2. The highest BCUT2D eigenvalue weighted by Gasteiger charge is 2.30. The number of hydrogen-bond acceptors (Lipinski definition) is 4. The summed E-state index contributed by atoms with van der Waals surface area (Å²) in [6.07, 6.45) is 0.533. The first-order valence-electron chi connectivity index (χ1n) is 9.22. The topological polar surface area (TPSA) is 75.2 Å². The summed E-state index contributed by atoms with van der Waals surface area (Å²) in [5.74, 6) is -0.680. The van der Waals surface area contributed by atoms with Crippen molar-refractivity contribution in [3.63, 3.8) is 0 Å². The van der Waals surface area contributed by atoms with Gasteiger partial charge in [-0.3, -0.25) is 14.6 Å². The normalized spacial score (nSPS) is 12.3. The quantitative estimate of drug-likeness (QED) is 0.726.